The van der Waals surface area contributed by atoms with E-state index in [4.69, 9.17) is 0 Å². The third kappa shape index (κ3) is 3.29. The largest absolute Gasteiger partial charge is 0.373 e. The first-order valence-corrected chi connectivity index (χ1v) is 7.23. The fraction of sp³-hybridized carbons (Fsp3) is 0.571. The monoisotopic (exact) mass is 289 g/mol. The van der Waals surface area contributed by atoms with Crippen LogP contribution in [-0.2, 0) is 13.1 Å². The first kappa shape index (κ1) is 15.2. The Morgan fingerprint density at radius 2 is 1.95 bits per heavy atom. The highest BCUT2D eigenvalue weighted by molar-refractivity contribution is 5.57. The van der Waals surface area contributed by atoms with Gasteiger partial charge in [0, 0.05) is 25.1 Å². The normalized spacial score (nSPS) is 11.0. The predicted molar refractivity (Wildman–Crippen MR) is 83.4 cm³/mol. The van der Waals surface area contributed by atoms with E-state index in [0.29, 0.717) is 6.54 Å². The van der Waals surface area contributed by atoms with Crippen molar-refractivity contribution in [1.29, 1.82) is 0 Å². The molecule has 0 aliphatic heterocycles. The van der Waals surface area contributed by atoms with Crippen molar-refractivity contribution in [2.45, 2.75) is 46.7 Å². The molecule has 0 saturated carbocycles. The van der Waals surface area contributed by atoms with Gasteiger partial charge in [-0.05, 0) is 13.8 Å². The third-order valence-electron chi connectivity index (χ3n) is 3.37. The minimum Gasteiger partial charge on any atom is -0.373 e. The van der Waals surface area contributed by atoms with Crippen molar-refractivity contribution in [3.63, 3.8) is 0 Å². The zero-order chi connectivity index (χ0) is 15.4. The molecule has 2 N–H and O–H groups in total. The number of rotatable bonds is 6. The molecule has 0 aliphatic carbocycles. The molecule has 0 atom stereocenters. The first-order valence-electron chi connectivity index (χ1n) is 7.23. The molecule has 0 aliphatic rings. The van der Waals surface area contributed by atoms with Crippen molar-refractivity contribution >= 4 is 11.6 Å². The summed E-state index contributed by atoms with van der Waals surface area (Å²) < 4.78 is 2.01. The molecule has 2 aromatic rings. The summed E-state index contributed by atoms with van der Waals surface area (Å²) >= 11 is 0. The summed E-state index contributed by atoms with van der Waals surface area (Å²) in [5.74, 6) is 3.69. The lowest BCUT2D eigenvalue weighted by molar-refractivity contribution is 0.705. The van der Waals surface area contributed by atoms with E-state index in [2.05, 4.69) is 51.6 Å². The second-order valence-corrected chi connectivity index (χ2v) is 5.20. The number of aryl methyl sites for hydroxylation is 1. The lowest BCUT2D eigenvalue weighted by Crippen LogP contribution is -2.13. The van der Waals surface area contributed by atoms with Crippen LogP contribution < -0.4 is 10.6 Å². The van der Waals surface area contributed by atoms with Gasteiger partial charge in [-0.2, -0.15) is 0 Å². The van der Waals surface area contributed by atoms with Crippen molar-refractivity contribution in [3.05, 3.63) is 23.5 Å². The summed E-state index contributed by atoms with van der Waals surface area (Å²) in [4.78, 5) is 9.15. The van der Waals surface area contributed by atoms with Crippen LogP contribution in [0.3, 0.4) is 0 Å². The minimum atomic E-state index is 0.276. The predicted octanol–water partition coefficient (Wildman–Crippen LogP) is 2.17. The smallest absolute Gasteiger partial charge is 0.152 e. The topological polar surface area (TPSA) is 80.6 Å². The van der Waals surface area contributed by atoms with Crippen LogP contribution in [0.15, 0.2) is 6.33 Å². The average Bonchev–Trinajstić information content (AvgIpc) is 2.93. The summed E-state index contributed by atoms with van der Waals surface area (Å²) in [5.41, 5.74) is 1.00. The number of anilines is 2. The Morgan fingerprint density at radius 1 is 1.24 bits per heavy atom. The van der Waals surface area contributed by atoms with E-state index >= 15 is 0 Å². The molecule has 7 heteroatoms. The van der Waals surface area contributed by atoms with Crippen LogP contribution in [0.4, 0.5) is 11.6 Å². The summed E-state index contributed by atoms with van der Waals surface area (Å²) in [7, 11) is 1.87. The van der Waals surface area contributed by atoms with Gasteiger partial charge < -0.3 is 15.2 Å². The molecule has 0 spiro atoms. The van der Waals surface area contributed by atoms with Crippen molar-refractivity contribution in [1.82, 2.24) is 24.7 Å². The van der Waals surface area contributed by atoms with Gasteiger partial charge >= 0.3 is 0 Å². The molecule has 0 fully saturated rings. The summed E-state index contributed by atoms with van der Waals surface area (Å²) in [6.07, 6.45) is 1.74. The van der Waals surface area contributed by atoms with Crippen LogP contribution in [0.25, 0.3) is 0 Å². The highest BCUT2D eigenvalue weighted by atomic mass is 15.3. The fourth-order valence-corrected chi connectivity index (χ4v) is 2.05. The maximum absolute atomic E-state index is 4.62. The second-order valence-electron chi connectivity index (χ2n) is 5.20. The van der Waals surface area contributed by atoms with E-state index in [-0.39, 0.29) is 5.92 Å². The molecule has 21 heavy (non-hydrogen) atoms. The number of hydrogen-bond acceptors (Lipinski definition) is 6. The lowest BCUT2D eigenvalue weighted by Gasteiger charge is -2.15. The van der Waals surface area contributed by atoms with Gasteiger partial charge in [0.1, 0.15) is 23.8 Å². The molecular weight excluding hydrogens is 266 g/mol. The molecule has 0 saturated heterocycles. The Kier molecular flexibility index (Phi) is 4.72. The van der Waals surface area contributed by atoms with Crippen LogP contribution >= 0.6 is 0 Å². The number of hydrogen-bond donors (Lipinski definition) is 2. The van der Waals surface area contributed by atoms with Crippen molar-refractivity contribution < 1.29 is 0 Å². The summed E-state index contributed by atoms with van der Waals surface area (Å²) in [5, 5.41) is 14.5. The van der Waals surface area contributed by atoms with E-state index < -0.39 is 0 Å². The highest BCUT2D eigenvalue weighted by Crippen LogP contribution is 2.23. The van der Waals surface area contributed by atoms with Crippen molar-refractivity contribution in [3.8, 4) is 0 Å². The molecule has 7 nitrogen and oxygen atoms in total. The van der Waals surface area contributed by atoms with Crippen LogP contribution in [0, 0.1) is 6.92 Å². The number of nitrogens with zero attached hydrogens (tertiary/aromatic N) is 5. The van der Waals surface area contributed by atoms with Crippen molar-refractivity contribution in [2.24, 2.45) is 0 Å². The summed E-state index contributed by atoms with van der Waals surface area (Å²) in [6.45, 7) is 9.68. The van der Waals surface area contributed by atoms with Gasteiger partial charge in [-0.3, -0.25) is 0 Å². The van der Waals surface area contributed by atoms with Gasteiger partial charge in [-0.15, -0.1) is 10.2 Å². The zero-order valence-corrected chi connectivity index (χ0v) is 13.3. The van der Waals surface area contributed by atoms with Gasteiger partial charge in [-0.1, -0.05) is 13.8 Å². The Hall–Kier alpha value is -2.18. The van der Waals surface area contributed by atoms with Gasteiger partial charge in [0.2, 0.25) is 0 Å². The standard InChI is InChI=1S/C14H23N7/c1-6-21-8-17-20-11(21)7-16-14-10(4)13(15-5)18-12(19-14)9(2)3/h8-9H,6-7H2,1-5H3,(H2,15,16,18,19). The van der Waals surface area contributed by atoms with E-state index in [1.54, 1.807) is 6.33 Å². The molecule has 0 aromatic carbocycles. The lowest BCUT2D eigenvalue weighted by atomic mass is 10.2. The van der Waals surface area contributed by atoms with Crippen molar-refractivity contribution in [2.75, 3.05) is 17.7 Å². The Bertz CT molecular complexity index is 603. The van der Waals surface area contributed by atoms with Gasteiger partial charge in [0.05, 0.1) is 6.54 Å². The first-order chi connectivity index (χ1) is 10.1. The molecular formula is C14H23N7. The van der Waals surface area contributed by atoms with Crippen LogP contribution in [0.2, 0.25) is 0 Å². The minimum absolute atomic E-state index is 0.276. The Labute approximate surface area is 125 Å². The number of nitrogens with one attached hydrogen (secondary N) is 2. The fourth-order valence-electron chi connectivity index (χ4n) is 2.05. The Balaban J connectivity index is 2.24. The molecule has 2 heterocycles. The van der Waals surface area contributed by atoms with E-state index in [9.17, 15) is 0 Å². The molecule has 114 valence electrons. The van der Waals surface area contributed by atoms with Crippen LogP contribution in [0.1, 0.15) is 43.9 Å². The quantitative estimate of drug-likeness (QED) is 0.848. The van der Waals surface area contributed by atoms with E-state index in [1.165, 1.54) is 0 Å². The second kappa shape index (κ2) is 6.51. The maximum atomic E-state index is 4.62. The third-order valence-corrected chi connectivity index (χ3v) is 3.37. The van der Waals surface area contributed by atoms with Gasteiger partial charge in [0.15, 0.2) is 5.82 Å². The van der Waals surface area contributed by atoms with E-state index in [0.717, 1.165) is 35.4 Å². The van der Waals surface area contributed by atoms with Gasteiger partial charge in [0.25, 0.3) is 0 Å². The summed E-state index contributed by atoms with van der Waals surface area (Å²) in [6, 6.07) is 0. The zero-order valence-electron chi connectivity index (χ0n) is 13.3. The maximum Gasteiger partial charge on any atom is 0.152 e. The molecule has 0 radical (unpaired) electrons. The van der Waals surface area contributed by atoms with Gasteiger partial charge in [-0.25, -0.2) is 9.97 Å². The molecule has 0 unspecified atom stereocenters. The molecule has 2 rings (SSSR count). The Morgan fingerprint density at radius 3 is 2.57 bits per heavy atom. The molecule has 2 aromatic heterocycles. The molecule has 0 bridgehead atoms. The van der Waals surface area contributed by atoms with Crippen LogP contribution in [0.5, 0.6) is 0 Å². The van der Waals surface area contributed by atoms with E-state index in [1.807, 2.05) is 18.5 Å². The highest BCUT2D eigenvalue weighted by Gasteiger charge is 2.13. The SMILES string of the molecule is CCn1cnnc1CNc1nc(C(C)C)nc(NC)c1C. The molecule has 0 amide bonds. The van der Waals surface area contributed by atoms with Crippen LogP contribution in [-0.4, -0.2) is 31.8 Å². The number of aromatic nitrogens is 5. The average molecular weight is 289 g/mol.